The maximum atomic E-state index is 14.0. The molecular weight excluding hydrogens is 662 g/mol. The van der Waals surface area contributed by atoms with E-state index in [9.17, 15) is 22.2 Å². The first kappa shape index (κ1) is 35.4. The lowest BCUT2D eigenvalue weighted by atomic mass is 9.70. The zero-order valence-electron chi connectivity index (χ0n) is 27.0. The lowest BCUT2D eigenvalue weighted by Gasteiger charge is -2.43. The van der Waals surface area contributed by atoms with Gasteiger partial charge in [-0.3, -0.25) is 14.3 Å². The van der Waals surface area contributed by atoms with Crippen LogP contribution in [0.2, 0.25) is 5.02 Å². The number of sulfone groups is 1. The third kappa shape index (κ3) is 9.58. The Hall–Kier alpha value is -2.93. The summed E-state index contributed by atoms with van der Waals surface area (Å²) in [5.74, 6) is -0.651. The van der Waals surface area contributed by atoms with Crippen LogP contribution in [0.3, 0.4) is 0 Å². The maximum Gasteiger partial charge on any atom is 0.286 e. The Morgan fingerprint density at radius 3 is 2.72 bits per heavy atom. The summed E-state index contributed by atoms with van der Waals surface area (Å²) < 4.78 is 56.0. The van der Waals surface area contributed by atoms with Gasteiger partial charge in [-0.1, -0.05) is 29.8 Å². The van der Waals surface area contributed by atoms with Gasteiger partial charge in [-0.15, -0.1) is 4.36 Å². The monoisotopic (exact) mass is 705 g/mol. The molecule has 1 fully saturated rings. The number of hydrogen-bond donors (Lipinski definition) is 1. The van der Waals surface area contributed by atoms with Crippen LogP contribution in [0, 0.1) is 11.8 Å². The molecule has 0 saturated heterocycles. The van der Waals surface area contributed by atoms with Gasteiger partial charge in [-0.05, 0) is 98.2 Å². The predicted molar refractivity (Wildman–Crippen MR) is 185 cm³/mol. The first-order chi connectivity index (χ1) is 22.4. The van der Waals surface area contributed by atoms with Crippen LogP contribution in [-0.2, 0) is 42.2 Å². The summed E-state index contributed by atoms with van der Waals surface area (Å²) in [6.07, 6.45) is 10.3. The fourth-order valence-electron chi connectivity index (χ4n) is 6.43. The van der Waals surface area contributed by atoms with Crippen LogP contribution in [0.1, 0.15) is 66.4 Å². The summed E-state index contributed by atoms with van der Waals surface area (Å²) in [6.45, 7) is 1.78. The number of benzene rings is 2. The van der Waals surface area contributed by atoms with Crippen molar-refractivity contribution in [1.82, 2.24) is 4.72 Å². The molecule has 256 valence electrons. The minimum atomic E-state index is -3.56. The van der Waals surface area contributed by atoms with Crippen LogP contribution in [0.5, 0.6) is 5.75 Å². The molecule has 1 N–H and O–H groups in total. The molecule has 2 amide bonds. The van der Waals surface area contributed by atoms with Crippen LogP contribution in [0.25, 0.3) is 0 Å². The number of aryl methyl sites for hydroxylation is 1. The summed E-state index contributed by atoms with van der Waals surface area (Å²) in [5, 5.41) is 0.693. The molecule has 1 aliphatic carbocycles. The fraction of sp³-hybridized carbons (Fsp3) is 0.529. The Balaban J connectivity index is 1.58. The number of rotatable bonds is 5. The molecule has 2 bridgehead atoms. The molecule has 13 heteroatoms. The van der Waals surface area contributed by atoms with Gasteiger partial charge in [0.05, 0.1) is 29.9 Å². The first-order valence-electron chi connectivity index (χ1n) is 16.2. The molecule has 2 aromatic rings. The lowest BCUT2D eigenvalue weighted by Crippen LogP contribution is -2.43. The zero-order valence-corrected chi connectivity index (χ0v) is 29.4. The smallest absolute Gasteiger partial charge is 0.286 e. The second-order valence-corrected chi connectivity index (χ2v) is 17.5. The van der Waals surface area contributed by atoms with Gasteiger partial charge in [-0.2, -0.15) is 0 Å². The van der Waals surface area contributed by atoms with Crippen molar-refractivity contribution in [3.63, 3.8) is 0 Å². The average Bonchev–Trinajstić information content (AvgIpc) is 3.03. The molecule has 10 nitrogen and oxygen atoms in total. The van der Waals surface area contributed by atoms with Gasteiger partial charge < -0.3 is 14.4 Å². The van der Waals surface area contributed by atoms with Crippen molar-refractivity contribution in [2.75, 3.05) is 42.9 Å². The molecule has 3 aliphatic rings. The SMILES string of the molecule is CO[C@H]1/C=C/CCCS(=O)(NC(=O)CCS(C)(=O)=O)=NC(=O)c2ccc3c(c2)N(Cc2ccc(Cl)cc2CCCCO3)C[C@@H]2CC[C@H]21. The molecule has 5 rings (SSSR count). The van der Waals surface area contributed by atoms with Gasteiger partial charge in [0, 0.05) is 43.5 Å². The van der Waals surface area contributed by atoms with Crippen molar-refractivity contribution in [2.24, 2.45) is 16.2 Å². The highest BCUT2D eigenvalue weighted by Crippen LogP contribution is 2.42. The van der Waals surface area contributed by atoms with Gasteiger partial charge in [0.2, 0.25) is 5.91 Å². The third-order valence-corrected chi connectivity index (χ3v) is 12.2. The van der Waals surface area contributed by atoms with Crippen LogP contribution in [0.15, 0.2) is 52.9 Å². The van der Waals surface area contributed by atoms with Crippen molar-refractivity contribution in [3.8, 4) is 5.75 Å². The van der Waals surface area contributed by atoms with E-state index in [0.717, 1.165) is 49.6 Å². The predicted octanol–water partition coefficient (Wildman–Crippen LogP) is 5.53. The highest BCUT2D eigenvalue weighted by atomic mass is 35.5. The van der Waals surface area contributed by atoms with Crippen molar-refractivity contribution in [1.29, 1.82) is 0 Å². The number of amides is 2. The highest BCUT2D eigenvalue weighted by molar-refractivity contribution is 7.92. The summed E-state index contributed by atoms with van der Waals surface area (Å²) in [6, 6.07) is 11.1. The Kier molecular flexibility index (Phi) is 11.7. The van der Waals surface area contributed by atoms with E-state index in [1.807, 2.05) is 18.2 Å². The maximum absolute atomic E-state index is 14.0. The number of methoxy groups -OCH3 is 1. The van der Waals surface area contributed by atoms with E-state index in [2.05, 4.69) is 26.1 Å². The number of anilines is 1. The molecule has 0 spiro atoms. The van der Waals surface area contributed by atoms with E-state index in [4.69, 9.17) is 21.1 Å². The van der Waals surface area contributed by atoms with Gasteiger partial charge in [0.15, 0.2) is 0 Å². The molecule has 1 saturated carbocycles. The first-order valence-corrected chi connectivity index (χ1v) is 20.3. The molecule has 2 aliphatic heterocycles. The Labute approximate surface area is 283 Å². The van der Waals surface area contributed by atoms with E-state index in [1.54, 1.807) is 25.3 Å². The average molecular weight is 706 g/mol. The Bertz CT molecular complexity index is 1740. The Morgan fingerprint density at radius 1 is 1.15 bits per heavy atom. The quantitative estimate of drug-likeness (QED) is 0.402. The normalized spacial score (nSPS) is 26.2. The number of carbonyl (C=O) groups is 2. The summed E-state index contributed by atoms with van der Waals surface area (Å²) in [4.78, 5) is 28.6. The molecular formula is C34H44ClN3O7S2. The van der Waals surface area contributed by atoms with Crippen LogP contribution in [-0.4, -0.2) is 68.6 Å². The number of nitrogens with one attached hydrogen (secondary N) is 1. The van der Waals surface area contributed by atoms with E-state index >= 15 is 0 Å². The van der Waals surface area contributed by atoms with Gasteiger partial charge in [-0.25, -0.2) is 12.6 Å². The van der Waals surface area contributed by atoms with Crippen LogP contribution >= 0.6 is 11.6 Å². The van der Waals surface area contributed by atoms with Gasteiger partial charge in [0.25, 0.3) is 5.91 Å². The number of allylic oxidation sites excluding steroid dienone is 1. The second-order valence-electron chi connectivity index (χ2n) is 12.7. The van der Waals surface area contributed by atoms with Gasteiger partial charge >= 0.3 is 0 Å². The number of hydrogen-bond acceptors (Lipinski definition) is 8. The third-order valence-electron chi connectivity index (χ3n) is 9.12. The number of halogens is 1. The molecule has 0 aromatic heterocycles. The molecule has 4 atom stereocenters. The van der Waals surface area contributed by atoms with Crippen molar-refractivity contribution >= 4 is 48.9 Å². The van der Waals surface area contributed by atoms with Crippen molar-refractivity contribution < 1.29 is 31.7 Å². The number of carbonyl (C=O) groups excluding carboxylic acids is 2. The highest BCUT2D eigenvalue weighted by Gasteiger charge is 2.38. The van der Waals surface area contributed by atoms with E-state index in [1.165, 1.54) is 5.56 Å². The Morgan fingerprint density at radius 2 is 1.98 bits per heavy atom. The second kappa shape index (κ2) is 15.5. The summed E-state index contributed by atoms with van der Waals surface area (Å²) in [5.41, 5.74) is 3.29. The fourth-order valence-corrected chi connectivity index (χ4v) is 8.81. The minimum absolute atomic E-state index is 0.0725. The molecule has 2 heterocycles. The van der Waals surface area contributed by atoms with E-state index < -0.39 is 37.3 Å². The van der Waals surface area contributed by atoms with E-state index in [0.29, 0.717) is 55.1 Å². The molecule has 1 unspecified atom stereocenters. The largest absolute Gasteiger partial charge is 0.491 e. The van der Waals surface area contributed by atoms with E-state index in [-0.39, 0.29) is 23.8 Å². The zero-order chi connectivity index (χ0) is 33.6. The molecule has 0 radical (unpaired) electrons. The van der Waals surface area contributed by atoms with Crippen LogP contribution < -0.4 is 14.4 Å². The van der Waals surface area contributed by atoms with Crippen LogP contribution in [0.4, 0.5) is 5.69 Å². The van der Waals surface area contributed by atoms with Gasteiger partial charge in [0.1, 0.15) is 25.5 Å². The summed E-state index contributed by atoms with van der Waals surface area (Å²) >= 11 is 6.42. The molecule has 2 aromatic carbocycles. The number of ether oxygens (including phenoxy) is 2. The molecule has 47 heavy (non-hydrogen) atoms. The summed E-state index contributed by atoms with van der Waals surface area (Å²) in [7, 11) is -5.26. The number of fused-ring (bicyclic) bond motifs is 3. The standard InChI is InChI=1S/C34H44ClN3O7S2/c1-44-31-9-4-3-7-18-47(43,36-33(39)16-19-46(2,41)42)37-34(40)25-12-15-32-30(21-25)38(23-27-11-14-29(27)31)22-26-10-13-28(35)20-24(26)8-5-6-17-45-32/h4,9-10,12-13,15,20-21,27,29,31H,3,5-8,11,14,16-19,22-23H2,1-2H3,(H,36,37,39,40,43)/b9-4+/t27-,29+,31-,47?/m0/s1. The topological polar surface area (TPSA) is 131 Å². The lowest BCUT2D eigenvalue weighted by molar-refractivity contribution is -0.118. The van der Waals surface area contributed by atoms with Crippen molar-refractivity contribution in [2.45, 2.75) is 64.0 Å². The van der Waals surface area contributed by atoms with Crippen molar-refractivity contribution in [3.05, 3.63) is 70.3 Å². The number of nitrogens with zero attached hydrogens (tertiary/aromatic N) is 2. The minimum Gasteiger partial charge on any atom is -0.491 e.